The summed E-state index contributed by atoms with van der Waals surface area (Å²) < 4.78 is 0. The van der Waals surface area contributed by atoms with E-state index in [2.05, 4.69) is 19.1 Å². The highest BCUT2D eigenvalue weighted by atomic mass is 16.1. The predicted octanol–water partition coefficient (Wildman–Crippen LogP) is 3.62. The molecule has 0 unspecified atom stereocenters. The molecule has 0 N–H and O–H groups in total. The van der Waals surface area contributed by atoms with Gasteiger partial charge in [-0.15, -0.1) is 0 Å². The molecule has 0 radical (unpaired) electrons. The van der Waals surface area contributed by atoms with Gasteiger partial charge in [0, 0.05) is 24.7 Å². The van der Waals surface area contributed by atoms with Gasteiger partial charge in [-0.2, -0.15) is 0 Å². The molecule has 0 aromatic heterocycles. The lowest BCUT2D eigenvalue weighted by molar-refractivity contribution is -0.127. The van der Waals surface area contributed by atoms with Crippen LogP contribution in [-0.4, -0.2) is 11.6 Å². The molecule has 0 aromatic rings. The van der Waals surface area contributed by atoms with Gasteiger partial charge in [0.1, 0.15) is 11.6 Å². The maximum Gasteiger partial charge on any atom is 0.139 e. The molecule has 0 bridgehead atoms. The molecule has 2 heteroatoms. The maximum atomic E-state index is 12.2. The number of ketones is 2. The van der Waals surface area contributed by atoms with Crippen molar-refractivity contribution in [3.8, 4) is 0 Å². The number of rotatable bonds is 0. The van der Waals surface area contributed by atoms with E-state index in [0.717, 1.165) is 38.5 Å². The molecule has 20 heavy (non-hydrogen) atoms. The summed E-state index contributed by atoms with van der Waals surface area (Å²) in [5, 5.41) is 0. The number of carbonyl (C=O) groups excluding carboxylic acids is 2. The Labute approximate surface area is 120 Å². The van der Waals surface area contributed by atoms with Crippen LogP contribution in [0.4, 0.5) is 0 Å². The molecule has 4 aliphatic rings. The van der Waals surface area contributed by atoms with E-state index in [1.807, 2.05) is 0 Å². The van der Waals surface area contributed by atoms with Crippen LogP contribution in [0.1, 0.15) is 51.9 Å². The summed E-state index contributed by atoms with van der Waals surface area (Å²) in [6.07, 6.45) is 11.0. The average Bonchev–Trinajstić information content (AvgIpc) is 2.74. The summed E-state index contributed by atoms with van der Waals surface area (Å²) in [5.41, 5.74) is 2.81. The van der Waals surface area contributed by atoms with E-state index in [1.54, 1.807) is 0 Å². The van der Waals surface area contributed by atoms with Crippen molar-refractivity contribution in [2.24, 2.45) is 23.2 Å². The van der Waals surface area contributed by atoms with Crippen molar-refractivity contribution >= 4 is 11.6 Å². The highest BCUT2D eigenvalue weighted by molar-refractivity contribution is 5.88. The van der Waals surface area contributed by atoms with Crippen molar-refractivity contribution in [1.29, 1.82) is 0 Å². The normalized spacial score (nSPS) is 43.4. The Morgan fingerprint density at radius 2 is 1.90 bits per heavy atom. The Morgan fingerprint density at radius 1 is 1.05 bits per heavy atom. The first-order chi connectivity index (χ1) is 9.59. The number of carbonyl (C=O) groups is 2. The van der Waals surface area contributed by atoms with Crippen LogP contribution in [0.2, 0.25) is 0 Å². The van der Waals surface area contributed by atoms with E-state index in [9.17, 15) is 9.59 Å². The second-order valence-corrected chi connectivity index (χ2v) is 7.35. The molecule has 4 rings (SSSR count). The zero-order chi connectivity index (χ0) is 13.9. The van der Waals surface area contributed by atoms with E-state index >= 15 is 0 Å². The zero-order valence-electron chi connectivity index (χ0n) is 12.2. The van der Waals surface area contributed by atoms with Crippen molar-refractivity contribution in [1.82, 2.24) is 0 Å². The molecular formula is C18H22O2. The minimum atomic E-state index is -0.0852. The van der Waals surface area contributed by atoms with E-state index in [-0.39, 0.29) is 5.41 Å². The van der Waals surface area contributed by atoms with Crippen LogP contribution in [0.3, 0.4) is 0 Å². The third-order valence-electron chi connectivity index (χ3n) is 6.46. The molecule has 0 spiro atoms. The molecule has 4 atom stereocenters. The van der Waals surface area contributed by atoms with Gasteiger partial charge in [-0.25, -0.2) is 0 Å². The number of Topliss-reactive ketones (excluding diaryl/α,β-unsaturated/α-hetero) is 2. The van der Waals surface area contributed by atoms with Crippen LogP contribution in [0, 0.1) is 23.2 Å². The topological polar surface area (TPSA) is 34.1 Å². The lowest BCUT2D eigenvalue weighted by atomic mass is 9.57. The van der Waals surface area contributed by atoms with Crippen LogP contribution in [-0.2, 0) is 9.59 Å². The molecule has 0 aromatic carbocycles. The van der Waals surface area contributed by atoms with Gasteiger partial charge in [0.05, 0.1) is 0 Å². The summed E-state index contributed by atoms with van der Waals surface area (Å²) >= 11 is 0. The minimum absolute atomic E-state index is 0.0852. The van der Waals surface area contributed by atoms with Gasteiger partial charge in [0.15, 0.2) is 0 Å². The molecule has 3 fully saturated rings. The van der Waals surface area contributed by atoms with Gasteiger partial charge < -0.3 is 0 Å². The second kappa shape index (κ2) is 4.16. The van der Waals surface area contributed by atoms with Crippen molar-refractivity contribution in [3.05, 3.63) is 23.3 Å². The number of allylic oxidation sites excluding steroid dienone is 4. The second-order valence-electron chi connectivity index (χ2n) is 7.35. The van der Waals surface area contributed by atoms with Crippen molar-refractivity contribution in [2.75, 3.05) is 0 Å². The van der Waals surface area contributed by atoms with Crippen molar-refractivity contribution in [3.63, 3.8) is 0 Å². The fraction of sp³-hybridized carbons (Fsp3) is 0.667. The first kappa shape index (κ1) is 12.6. The summed E-state index contributed by atoms with van der Waals surface area (Å²) in [6, 6.07) is 0. The van der Waals surface area contributed by atoms with Crippen molar-refractivity contribution in [2.45, 2.75) is 51.9 Å². The van der Waals surface area contributed by atoms with Gasteiger partial charge >= 0.3 is 0 Å². The first-order valence-corrected chi connectivity index (χ1v) is 8.05. The minimum Gasteiger partial charge on any atom is -0.299 e. The van der Waals surface area contributed by atoms with E-state index in [0.29, 0.717) is 35.7 Å². The van der Waals surface area contributed by atoms with Gasteiger partial charge in [-0.1, -0.05) is 30.2 Å². The Hall–Kier alpha value is -1.18. The highest BCUT2D eigenvalue weighted by Crippen LogP contribution is 2.58. The van der Waals surface area contributed by atoms with E-state index in [4.69, 9.17) is 0 Å². The lowest BCUT2D eigenvalue weighted by Gasteiger charge is -2.47. The Bertz CT molecular complexity index is 554. The van der Waals surface area contributed by atoms with Gasteiger partial charge in [0.25, 0.3) is 0 Å². The lowest BCUT2D eigenvalue weighted by Crippen LogP contribution is -2.41. The standard InChI is InChI=1S/C18H22O2/c1-18-9-8-14-13-5-3-12(19)10-11(13)2-4-15(14)16(18)6-7-17(18)20/h2,4,13-14,16H,3,5-10H2,1H3/t13-,14+,16-,18-/m0/s1. The van der Waals surface area contributed by atoms with Crippen molar-refractivity contribution < 1.29 is 9.59 Å². The van der Waals surface area contributed by atoms with Gasteiger partial charge in [0.2, 0.25) is 0 Å². The van der Waals surface area contributed by atoms with Crippen LogP contribution in [0.25, 0.3) is 0 Å². The summed E-state index contributed by atoms with van der Waals surface area (Å²) in [7, 11) is 0. The molecule has 0 heterocycles. The molecule has 4 aliphatic carbocycles. The summed E-state index contributed by atoms with van der Waals surface area (Å²) in [4.78, 5) is 23.9. The molecule has 2 nitrogen and oxygen atoms in total. The maximum absolute atomic E-state index is 12.2. The first-order valence-electron chi connectivity index (χ1n) is 8.05. The van der Waals surface area contributed by atoms with Crippen LogP contribution >= 0.6 is 0 Å². The fourth-order valence-corrected chi connectivity index (χ4v) is 5.27. The highest BCUT2D eigenvalue weighted by Gasteiger charge is 2.53. The number of fused-ring (bicyclic) bond motifs is 5. The van der Waals surface area contributed by atoms with Crippen LogP contribution < -0.4 is 0 Å². The van der Waals surface area contributed by atoms with Gasteiger partial charge in [-0.3, -0.25) is 9.59 Å². The molecular weight excluding hydrogens is 248 g/mol. The zero-order valence-corrected chi connectivity index (χ0v) is 12.2. The molecule has 106 valence electrons. The Kier molecular flexibility index (Phi) is 2.61. The number of hydrogen-bond acceptors (Lipinski definition) is 2. The number of hydrogen-bond donors (Lipinski definition) is 0. The molecule has 3 saturated carbocycles. The largest absolute Gasteiger partial charge is 0.299 e. The van der Waals surface area contributed by atoms with Gasteiger partial charge in [-0.05, 0) is 43.4 Å². The third-order valence-corrected chi connectivity index (χ3v) is 6.46. The Balaban J connectivity index is 1.72. The SMILES string of the molecule is C[C@]12CC[C@H]3C(=CC=C4CC(=O)CC[C@@H]43)[C@@H]1CCC2=O. The smallest absolute Gasteiger partial charge is 0.139 e. The molecule has 0 amide bonds. The van der Waals surface area contributed by atoms with Crippen LogP contribution in [0.5, 0.6) is 0 Å². The molecule has 0 aliphatic heterocycles. The third kappa shape index (κ3) is 1.57. The summed E-state index contributed by atoms with van der Waals surface area (Å²) in [5.74, 6) is 2.57. The average molecular weight is 270 g/mol. The predicted molar refractivity (Wildman–Crippen MR) is 77.1 cm³/mol. The van der Waals surface area contributed by atoms with E-state index < -0.39 is 0 Å². The van der Waals surface area contributed by atoms with E-state index in [1.165, 1.54) is 11.1 Å². The fourth-order valence-electron chi connectivity index (χ4n) is 5.27. The van der Waals surface area contributed by atoms with Crippen LogP contribution in [0.15, 0.2) is 23.3 Å². The quantitative estimate of drug-likeness (QED) is 0.673. The monoisotopic (exact) mass is 270 g/mol. The Morgan fingerprint density at radius 3 is 2.75 bits per heavy atom. The summed E-state index contributed by atoms with van der Waals surface area (Å²) in [6.45, 7) is 2.19. The molecule has 0 saturated heterocycles.